The number of carbonyl (C=O) groups is 2. The third kappa shape index (κ3) is 4.64. The lowest BCUT2D eigenvalue weighted by Crippen LogP contribution is -2.38. The van der Waals surface area contributed by atoms with Crippen LogP contribution < -0.4 is 5.32 Å². The van der Waals surface area contributed by atoms with Crippen LogP contribution >= 0.6 is 0 Å². The number of nitrogens with zero attached hydrogens (tertiary/aromatic N) is 2. The van der Waals surface area contributed by atoms with Crippen molar-refractivity contribution in [2.75, 3.05) is 13.1 Å². The van der Waals surface area contributed by atoms with Gasteiger partial charge in [0, 0.05) is 37.5 Å². The second-order valence-corrected chi connectivity index (χ2v) is 6.33. The predicted octanol–water partition coefficient (Wildman–Crippen LogP) is 3.19. The molecule has 8 heteroatoms. The Labute approximate surface area is 154 Å². The van der Waals surface area contributed by atoms with Crippen LogP contribution in [0.25, 0.3) is 0 Å². The maximum absolute atomic E-state index is 13.1. The first-order valence-electron chi connectivity index (χ1n) is 8.50. The Hall–Kier alpha value is -2.90. The lowest BCUT2D eigenvalue weighted by molar-refractivity contribution is -0.137. The lowest BCUT2D eigenvalue weighted by Gasteiger charge is -2.26. The van der Waals surface area contributed by atoms with Crippen LogP contribution in [0.5, 0.6) is 0 Å². The summed E-state index contributed by atoms with van der Waals surface area (Å²) in [5, 5.41) is 2.75. The van der Waals surface area contributed by atoms with Crippen molar-refractivity contribution in [3.05, 3.63) is 65.5 Å². The molecule has 1 aromatic heterocycles. The van der Waals surface area contributed by atoms with E-state index < -0.39 is 23.7 Å². The summed E-state index contributed by atoms with van der Waals surface area (Å²) < 4.78 is 39.2. The fourth-order valence-electron chi connectivity index (χ4n) is 3.03. The Morgan fingerprint density at radius 1 is 1.22 bits per heavy atom. The van der Waals surface area contributed by atoms with Crippen LogP contribution in [0.4, 0.5) is 13.2 Å². The number of benzene rings is 1. The van der Waals surface area contributed by atoms with Crippen LogP contribution in [-0.2, 0) is 11.0 Å². The molecule has 3 rings (SSSR count). The van der Waals surface area contributed by atoms with Gasteiger partial charge in [-0.15, -0.1) is 0 Å². The monoisotopic (exact) mass is 377 g/mol. The van der Waals surface area contributed by atoms with Gasteiger partial charge in [0.15, 0.2) is 0 Å². The first kappa shape index (κ1) is 18.9. The minimum atomic E-state index is -4.49. The normalized spacial score (nSPS) is 15.7. The van der Waals surface area contributed by atoms with Gasteiger partial charge in [0.2, 0.25) is 5.91 Å². The van der Waals surface area contributed by atoms with Crippen LogP contribution in [0.3, 0.4) is 0 Å². The van der Waals surface area contributed by atoms with E-state index in [0.29, 0.717) is 30.5 Å². The number of amides is 2. The van der Waals surface area contributed by atoms with E-state index in [1.807, 2.05) is 0 Å². The molecule has 0 saturated carbocycles. The van der Waals surface area contributed by atoms with E-state index in [9.17, 15) is 22.8 Å². The standard InChI is InChI=1S/C19H18F3N3O2/c20-19(21,22)15-4-1-3-14(11-15)16(12-25-10-2-5-17(25)26)24-18(27)13-6-8-23-9-7-13/h1,3-4,6-9,11,16H,2,5,10,12H2,(H,24,27). The number of pyridine rings is 1. The van der Waals surface area contributed by atoms with E-state index in [1.54, 1.807) is 4.90 Å². The zero-order valence-corrected chi connectivity index (χ0v) is 14.4. The fraction of sp³-hybridized carbons (Fsp3) is 0.316. The maximum Gasteiger partial charge on any atom is 0.416 e. The third-order valence-electron chi connectivity index (χ3n) is 4.44. The summed E-state index contributed by atoms with van der Waals surface area (Å²) in [7, 11) is 0. The molecule has 0 aliphatic carbocycles. The smallest absolute Gasteiger partial charge is 0.343 e. The molecular weight excluding hydrogens is 359 g/mol. The Morgan fingerprint density at radius 2 is 1.96 bits per heavy atom. The first-order valence-corrected chi connectivity index (χ1v) is 8.50. The molecule has 5 nitrogen and oxygen atoms in total. The fourth-order valence-corrected chi connectivity index (χ4v) is 3.03. The Balaban J connectivity index is 1.87. The van der Waals surface area contributed by atoms with Gasteiger partial charge in [-0.25, -0.2) is 0 Å². The summed E-state index contributed by atoms with van der Waals surface area (Å²) in [5.74, 6) is -0.503. The molecule has 1 aliphatic heterocycles. The van der Waals surface area contributed by atoms with Crippen molar-refractivity contribution in [1.82, 2.24) is 15.2 Å². The van der Waals surface area contributed by atoms with Gasteiger partial charge in [0.1, 0.15) is 0 Å². The molecule has 1 fully saturated rings. The zero-order valence-electron chi connectivity index (χ0n) is 14.4. The number of carbonyl (C=O) groups excluding carboxylic acids is 2. The van der Waals surface area contributed by atoms with E-state index >= 15 is 0 Å². The molecule has 0 bridgehead atoms. The van der Waals surface area contributed by atoms with E-state index in [1.165, 1.54) is 36.7 Å². The molecule has 1 saturated heterocycles. The number of nitrogens with one attached hydrogen (secondary N) is 1. The number of halogens is 3. The van der Waals surface area contributed by atoms with E-state index in [0.717, 1.165) is 12.1 Å². The van der Waals surface area contributed by atoms with E-state index in [2.05, 4.69) is 10.3 Å². The van der Waals surface area contributed by atoms with Gasteiger partial charge >= 0.3 is 6.18 Å². The molecule has 0 spiro atoms. The molecule has 1 N–H and O–H groups in total. The molecule has 1 atom stereocenters. The number of hydrogen-bond acceptors (Lipinski definition) is 3. The van der Waals surface area contributed by atoms with Crippen molar-refractivity contribution >= 4 is 11.8 Å². The highest BCUT2D eigenvalue weighted by atomic mass is 19.4. The van der Waals surface area contributed by atoms with Crippen molar-refractivity contribution in [2.24, 2.45) is 0 Å². The summed E-state index contributed by atoms with van der Waals surface area (Å²) in [6, 6.07) is 7.08. The largest absolute Gasteiger partial charge is 0.416 e. The molecular formula is C19H18F3N3O2. The summed E-state index contributed by atoms with van der Waals surface area (Å²) in [5.41, 5.74) is -0.155. The minimum absolute atomic E-state index is 0.0647. The lowest BCUT2D eigenvalue weighted by atomic mass is 10.0. The van der Waals surface area contributed by atoms with Crippen LogP contribution in [0, 0.1) is 0 Å². The molecule has 0 radical (unpaired) electrons. The second kappa shape index (κ2) is 7.77. The van der Waals surface area contributed by atoms with Crippen molar-refractivity contribution in [1.29, 1.82) is 0 Å². The molecule has 1 aromatic carbocycles. The molecule has 142 valence electrons. The molecule has 1 aliphatic rings. The van der Waals surface area contributed by atoms with Gasteiger partial charge in [-0.05, 0) is 36.2 Å². The molecule has 2 amide bonds. The van der Waals surface area contributed by atoms with Gasteiger partial charge in [0.05, 0.1) is 11.6 Å². The number of rotatable bonds is 5. The zero-order chi connectivity index (χ0) is 19.4. The van der Waals surface area contributed by atoms with Crippen LogP contribution in [0.2, 0.25) is 0 Å². The average molecular weight is 377 g/mol. The Bertz CT molecular complexity index is 824. The predicted molar refractivity (Wildman–Crippen MR) is 91.7 cm³/mol. The van der Waals surface area contributed by atoms with Gasteiger partial charge in [0.25, 0.3) is 5.91 Å². The van der Waals surface area contributed by atoms with Crippen molar-refractivity contribution in [2.45, 2.75) is 25.1 Å². The second-order valence-electron chi connectivity index (χ2n) is 6.33. The SMILES string of the molecule is O=C(NC(CN1CCCC1=O)c1cccc(C(F)(F)F)c1)c1ccncc1. The molecule has 27 heavy (non-hydrogen) atoms. The molecule has 2 heterocycles. The van der Waals surface area contributed by atoms with E-state index in [-0.39, 0.29) is 12.5 Å². The van der Waals surface area contributed by atoms with Gasteiger partial charge < -0.3 is 10.2 Å². The summed E-state index contributed by atoms with van der Waals surface area (Å²) in [6.07, 6.45) is -0.463. The topological polar surface area (TPSA) is 62.3 Å². The Morgan fingerprint density at radius 3 is 2.59 bits per heavy atom. The first-order chi connectivity index (χ1) is 12.8. The minimum Gasteiger partial charge on any atom is -0.343 e. The molecule has 1 unspecified atom stereocenters. The molecule has 2 aromatic rings. The van der Waals surface area contributed by atoms with Crippen LogP contribution in [0.1, 0.15) is 40.4 Å². The number of hydrogen-bond donors (Lipinski definition) is 1. The third-order valence-corrected chi connectivity index (χ3v) is 4.44. The average Bonchev–Trinajstić information content (AvgIpc) is 3.06. The van der Waals surface area contributed by atoms with Gasteiger partial charge in [-0.3, -0.25) is 14.6 Å². The van der Waals surface area contributed by atoms with Crippen molar-refractivity contribution < 1.29 is 22.8 Å². The number of likely N-dealkylation sites (tertiary alicyclic amines) is 1. The summed E-state index contributed by atoms with van der Waals surface area (Å²) >= 11 is 0. The van der Waals surface area contributed by atoms with Crippen LogP contribution in [-0.4, -0.2) is 34.8 Å². The van der Waals surface area contributed by atoms with Gasteiger partial charge in [-0.1, -0.05) is 12.1 Å². The maximum atomic E-state index is 13.1. The highest BCUT2D eigenvalue weighted by Crippen LogP contribution is 2.31. The highest BCUT2D eigenvalue weighted by molar-refractivity contribution is 5.94. The quantitative estimate of drug-likeness (QED) is 0.871. The number of alkyl halides is 3. The van der Waals surface area contributed by atoms with Crippen LogP contribution in [0.15, 0.2) is 48.8 Å². The Kier molecular flexibility index (Phi) is 5.43. The van der Waals surface area contributed by atoms with Crippen molar-refractivity contribution in [3.63, 3.8) is 0 Å². The van der Waals surface area contributed by atoms with E-state index in [4.69, 9.17) is 0 Å². The summed E-state index contributed by atoms with van der Waals surface area (Å²) in [6.45, 7) is 0.649. The highest BCUT2D eigenvalue weighted by Gasteiger charge is 2.32. The van der Waals surface area contributed by atoms with Gasteiger partial charge in [-0.2, -0.15) is 13.2 Å². The van der Waals surface area contributed by atoms with Crippen molar-refractivity contribution in [3.8, 4) is 0 Å². The summed E-state index contributed by atoms with van der Waals surface area (Å²) in [4.78, 5) is 29.9. The number of aromatic nitrogens is 1.